The summed E-state index contributed by atoms with van der Waals surface area (Å²) in [4.78, 5) is 27.9. The smallest absolute Gasteiger partial charge is 0.240 e. The molecule has 0 fully saturated rings. The van der Waals surface area contributed by atoms with Gasteiger partial charge in [-0.2, -0.15) is 10.2 Å². The third-order valence-corrected chi connectivity index (χ3v) is 5.73. The fourth-order valence-electron chi connectivity index (χ4n) is 1.98. The Labute approximate surface area is 161 Å². The third kappa shape index (κ3) is 6.89. The van der Waals surface area contributed by atoms with Gasteiger partial charge in [-0.25, -0.2) is 10.9 Å². The summed E-state index contributed by atoms with van der Waals surface area (Å²) < 4.78 is 0. The van der Waals surface area contributed by atoms with E-state index in [0.29, 0.717) is 0 Å². The van der Waals surface area contributed by atoms with Crippen molar-refractivity contribution >= 4 is 46.9 Å². The quantitative estimate of drug-likeness (QED) is 0.509. The van der Waals surface area contributed by atoms with Crippen molar-refractivity contribution in [3.05, 3.63) is 43.8 Å². The molecule has 138 valence electrons. The van der Waals surface area contributed by atoms with Crippen LogP contribution in [0.3, 0.4) is 0 Å². The summed E-state index contributed by atoms with van der Waals surface area (Å²) in [5.41, 5.74) is 4.85. The average Bonchev–Trinajstić information content (AvgIpc) is 3.29. The zero-order valence-corrected chi connectivity index (χ0v) is 16.5. The molecule has 0 atom stereocenters. The van der Waals surface area contributed by atoms with Crippen molar-refractivity contribution in [1.82, 2.24) is 10.9 Å². The van der Waals surface area contributed by atoms with Gasteiger partial charge >= 0.3 is 0 Å². The predicted molar refractivity (Wildman–Crippen MR) is 108 cm³/mol. The maximum atomic E-state index is 11.7. The van der Waals surface area contributed by atoms with Crippen molar-refractivity contribution in [2.24, 2.45) is 10.2 Å². The molecule has 0 unspecified atom stereocenters. The van der Waals surface area contributed by atoms with Gasteiger partial charge in [0.25, 0.3) is 0 Å². The Morgan fingerprint density at radius 1 is 0.846 bits per heavy atom. The van der Waals surface area contributed by atoms with Gasteiger partial charge in [0.2, 0.25) is 11.8 Å². The SMILES string of the molecule is CCc1ccc(/C=N/NC(=O)CCC(=O)N/N=C/c2ccc(CC)s2)s1. The number of aryl methyl sites for hydroxylation is 2. The van der Waals surface area contributed by atoms with Crippen LogP contribution in [0.5, 0.6) is 0 Å². The van der Waals surface area contributed by atoms with Crippen LogP contribution in [0.1, 0.15) is 46.2 Å². The number of hydrazone groups is 2. The number of carbonyl (C=O) groups is 2. The number of carbonyl (C=O) groups excluding carboxylic acids is 2. The van der Waals surface area contributed by atoms with Gasteiger partial charge in [-0.15, -0.1) is 22.7 Å². The van der Waals surface area contributed by atoms with Crippen LogP contribution in [-0.4, -0.2) is 24.2 Å². The molecule has 2 rings (SSSR count). The summed E-state index contributed by atoms with van der Waals surface area (Å²) in [6, 6.07) is 8.00. The van der Waals surface area contributed by atoms with Crippen LogP contribution < -0.4 is 10.9 Å². The van der Waals surface area contributed by atoms with E-state index in [1.165, 1.54) is 9.75 Å². The highest BCUT2D eigenvalue weighted by Crippen LogP contribution is 2.15. The van der Waals surface area contributed by atoms with E-state index < -0.39 is 0 Å². The van der Waals surface area contributed by atoms with E-state index in [-0.39, 0.29) is 24.7 Å². The van der Waals surface area contributed by atoms with Crippen LogP contribution in [0, 0.1) is 0 Å². The Bertz CT molecular complexity index is 726. The number of amides is 2. The standard InChI is InChI=1S/C18H22N4O2S2/c1-3-13-5-7-15(25-13)11-19-21-17(23)9-10-18(24)22-20-12-16-8-6-14(4-2)26-16/h5-8,11-12H,3-4,9-10H2,1-2H3,(H,21,23)(H,22,24)/b19-11+,20-12+. The summed E-state index contributed by atoms with van der Waals surface area (Å²) in [5.74, 6) is -0.614. The lowest BCUT2D eigenvalue weighted by Crippen LogP contribution is -2.22. The van der Waals surface area contributed by atoms with Gasteiger partial charge in [0.1, 0.15) is 0 Å². The summed E-state index contributed by atoms with van der Waals surface area (Å²) in [6.45, 7) is 4.18. The van der Waals surface area contributed by atoms with Gasteiger partial charge < -0.3 is 0 Å². The zero-order chi connectivity index (χ0) is 18.8. The van der Waals surface area contributed by atoms with Crippen molar-refractivity contribution in [3.63, 3.8) is 0 Å². The maximum Gasteiger partial charge on any atom is 0.240 e. The molecule has 0 saturated heterocycles. The van der Waals surface area contributed by atoms with Crippen LogP contribution in [0.15, 0.2) is 34.5 Å². The number of rotatable bonds is 9. The zero-order valence-electron chi connectivity index (χ0n) is 14.8. The number of nitrogens with zero attached hydrogens (tertiary/aromatic N) is 2. The summed E-state index contributed by atoms with van der Waals surface area (Å²) in [6.07, 6.45) is 5.30. The van der Waals surface area contributed by atoms with Gasteiger partial charge in [0, 0.05) is 32.4 Å². The molecule has 2 amide bonds. The van der Waals surface area contributed by atoms with Crippen LogP contribution >= 0.6 is 22.7 Å². The Morgan fingerprint density at radius 3 is 1.62 bits per heavy atom. The highest BCUT2D eigenvalue weighted by Gasteiger charge is 2.05. The lowest BCUT2D eigenvalue weighted by molar-refractivity contribution is -0.126. The van der Waals surface area contributed by atoms with E-state index >= 15 is 0 Å². The molecule has 0 saturated carbocycles. The molecule has 0 spiro atoms. The molecule has 0 aliphatic carbocycles. The van der Waals surface area contributed by atoms with Crippen molar-refractivity contribution in [3.8, 4) is 0 Å². The molecule has 2 N–H and O–H groups in total. The average molecular weight is 391 g/mol. The summed E-state index contributed by atoms with van der Waals surface area (Å²) >= 11 is 3.27. The number of hydrogen-bond donors (Lipinski definition) is 2. The third-order valence-electron chi connectivity index (χ3n) is 3.40. The van der Waals surface area contributed by atoms with Crippen molar-refractivity contribution in [2.45, 2.75) is 39.5 Å². The van der Waals surface area contributed by atoms with Crippen molar-refractivity contribution < 1.29 is 9.59 Å². The molecule has 0 radical (unpaired) electrons. The minimum Gasteiger partial charge on any atom is -0.273 e. The minimum atomic E-state index is -0.307. The molecule has 6 nitrogen and oxygen atoms in total. The summed E-state index contributed by atoms with van der Waals surface area (Å²) in [7, 11) is 0. The molecular weight excluding hydrogens is 368 g/mol. The van der Waals surface area contributed by atoms with E-state index in [4.69, 9.17) is 0 Å². The fraction of sp³-hybridized carbons (Fsp3) is 0.333. The number of hydrogen-bond acceptors (Lipinski definition) is 6. The molecular formula is C18H22N4O2S2. The molecule has 2 aromatic heterocycles. The Hall–Kier alpha value is -2.32. The largest absolute Gasteiger partial charge is 0.273 e. The van der Waals surface area contributed by atoms with Crippen molar-refractivity contribution in [1.29, 1.82) is 0 Å². The van der Waals surface area contributed by atoms with Gasteiger partial charge in [-0.1, -0.05) is 13.8 Å². The van der Waals surface area contributed by atoms with Crippen LogP contribution in [0.2, 0.25) is 0 Å². The first-order chi connectivity index (χ1) is 12.6. The summed E-state index contributed by atoms with van der Waals surface area (Å²) in [5, 5.41) is 7.81. The van der Waals surface area contributed by atoms with Gasteiger partial charge in [0.15, 0.2) is 0 Å². The second kappa shape index (κ2) is 10.6. The van der Waals surface area contributed by atoms with E-state index in [1.54, 1.807) is 35.1 Å². The second-order valence-electron chi connectivity index (χ2n) is 5.40. The Kier molecular flexibility index (Phi) is 8.17. The molecule has 0 bridgehead atoms. The fourth-order valence-corrected chi connectivity index (χ4v) is 3.63. The monoisotopic (exact) mass is 390 g/mol. The van der Waals surface area contributed by atoms with Gasteiger partial charge in [-0.3, -0.25) is 9.59 Å². The molecule has 2 heterocycles. The normalized spacial score (nSPS) is 11.3. The maximum absolute atomic E-state index is 11.7. The minimum absolute atomic E-state index is 0.0579. The Morgan fingerprint density at radius 2 is 1.27 bits per heavy atom. The van der Waals surface area contributed by atoms with E-state index in [2.05, 4.69) is 34.9 Å². The first kappa shape index (κ1) is 20.0. The predicted octanol–water partition coefficient (Wildman–Crippen LogP) is 3.32. The molecule has 0 aliphatic heterocycles. The Balaban J connectivity index is 1.65. The van der Waals surface area contributed by atoms with E-state index in [0.717, 1.165) is 22.6 Å². The highest BCUT2D eigenvalue weighted by molar-refractivity contribution is 7.14. The lowest BCUT2D eigenvalue weighted by atomic mass is 10.3. The van der Waals surface area contributed by atoms with Gasteiger partial charge in [-0.05, 0) is 37.1 Å². The molecule has 8 heteroatoms. The molecule has 2 aromatic rings. The first-order valence-corrected chi connectivity index (χ1v) is 10.0. The van der Waals surface area contributed by atoms with Crippen molar-refractivity contribution in [2.75, 3.05) is 0 Å². The van der Waals surface area contributed by atoms with Crippen LogP contribution in [0.4, 0.5) is 0 Å². The number of thiophene rings is 2. The molecule has 0 aliphatic rings. The topological polar surface area (TPSA) is 82.9 Å². The second-order valence-corrected chi connectivity index (χ2v) is 7.80. The van der Waals surface area contributed by atoms with E-state index in [1.807, 2.05) is 24.3 Å². The number of nitrogens with one attached hydrogen (secondary N) is 2. The van der Waals surface area contributed by atoms with E-state index in [9.17, 15) is 9.59 Å². The van der Waals surface area contributed by atoms with Crippen LogP contribution in [-0.2, 0) is 22.4 Å². The lowest BCUT2D eigenvalue weighted by Gasteiger charge is -1.99. The molecule has 0 aromatic carbocycles. The van der Waals surface area contributed by atoms with Crippen LogP contribution in [0.25, 0.3) is 0 Å². The highest BCUT2D eigenvalue weighted by atomic mass is 32.1. The molecule has 26 heavy (non-hydrogen) atoms. The van der Waals surface area contributed by atoms with Gasteiger partial charge in [0.05, 0.1) is 12.4 Å². The first-order valence-electron chi connectivity index (χ1n) is 8.42.